The summed E-state index contributed by atoms with van der Waals surface area (Å²) in [6, 6.07) is 3.56. The summed E-state index contributed by atoms with van der Waals surface area (Å²) in [6.45, 7) is 0.384. The molecular weight excluding hydrogens is 1370 g/mol. The SMILES string of the molecule is NCCCC[C@@H](NC(=O)C[C@@H](Cn1ccc2c(N)ncnc21)NC(=O)C[C@@H](Cn1ccc2c(N)ncnc21)NC(=O)C[C@@H](Cn1ccc2c(N)ncnc21)NC(=O)C[C@@H](Cn1ccc2c(N)ncnc21)NC(=O)C[C@@H](Cn1ccc2c(N)ncnc21)NC(=O)C[C@H](N)Cn1ccc2c(N)ncnc21)C(N)=O. The maximum atomic E-state index is 15.1. The van der Waals surface area contributed by atoms with E-state index in [-0.39, 0.29) is 99.9 Å². The van der Waals surface area contributed by atoms with Crippen LogP contribution in [0.25, 0.3) is 66.2 Å². The van der Waals surface area contributed by atoms with E-state index in [1.54, 1.807) is 101 Å². The van der Waals surface area contributed by atoms with E-state index in [0.717, 1.165) is 0 Å². The van der Waals surface area contributed by atoms with Gasteiger partial charge in [-0.2, -0.15) is 0 Å². The van der Waals surface area contributed by atoms with Crippen LogP contribution in [-0.2, 0) is 72.8 Å². The molecule has 0 bridgehead atoms. The van der Waals surface area contributed by atoms with Crippen molar-refractivity contribution in [3.63, 3.8) is 0 Å². The minimum absolute atomic E-state index is 0.0138. The zero-order chi connectivity index (χ0) is 74.7. The lowest BCUT2D eigenvalue weighted by molar-refractivity contribution is -0.128. The first-order valence-corrected chi connectivity index (χ1v) is 33.9. The number of primary amides is 1. The smallest absolute Gasteiger partial charge is 0.239 e. The second-order valence-electron chi connectivity index (χ2n) is 25.9. The fourth-order valence-corrected chi connectivity index (χ4v) is 13.2. The molecule has 0 aliphatic rings. The van der Waals surface area contributed by atoms with E-state index in [9.17, 15) is 24.0 Å². The maximum absolute atomic E-state index is 15.1. The first-order chi connectivity index (χ1) is 51.1. The zero-order valence-corrected chi connectivity index (χ0v) is 57.4. The van der Waals surface area contributed by atoms with Gasteiger partial charge in [0.1, 0.15) is 113 Å². The standard InChI is InChI=1S/C66H81N33O7/c67-10-2-1-3-47(60(75)106)93-53(105)22-40(28-99-16-9-46-59(74)81-34-87-66(46)99)92-52(104)21-39(27-98-15-8-45-58(73)80-33-86-65(45)98)91-51(103)20-38(26-97-14-7-44-57(72)79-32-85-64(44)97)90-50(102)19-37(25-96-13-6-43-56(71)78-31-84-63(43)96)89-49(101)18-36(24-95-12-5-42-55(70)77-30-83-62(42)95)88-48(100)17-35(68)23-94-11-4-41-54(69)76-29-82-61(41)94/h4-9,11-16,29-40,47H,1-3,10,17-28,67-68H2,(H2,75,106)(H,88,100)(H,89,101)(H,90,102)(H,91,103)(H,92,104)(H,93,105)(H2,69,76,82)(H2,70,77,83)(H2,71,78,84)(H2,72,79,85)(H2,73,80,86)(H2,74,81,87)/t35-,36-,37-,38-,39-,40-,47+/m0/s1. The highest BCUT2D eigenvalue weighted by Crippen LogP contribution is 2.25. The number of nitrogens with one attached hydrogen (secondary N) is 6. The van der Waals surface area contributed by atoms with Crippen molar-refractivity contribution in [1.82, 2.24) is 119 Å². The van der Waals surface area contributed by atoms with Crippen molar-refractivity contribution < 1.29 is 33.6 Å². The number of carbonyl (C=O) groups is 7. The number of rotatable bonds is 35. The molecule has 0 saturated heterocycles. The number of nitrogen functional groups attached to an aromatic ring is 6. The van der Waals surface area contributed by atoms with Gasteiger partial charge in [-0.25, -0.2) is 59.8 Å². The number of aromatic nitrogens is 18. The molecule has 0 saturated carbocycles. The third-order valence-electron chi connectivity index (χ3n) is 18.1. The zero-order valence-electron chi connectivity index (χ0n) is 57.4. The molecule has 106 heavy (non-hydrogen) atoms. The number of nitrogens with zero attached hydrogens (tertiary/aromatic N) is 18. The quantitative estimate of drug-likeness (QED) is 0.0198. The van der Waals surface area contributed by atoms with Gasteiger partial charge in [-0.1, -0.05) is 0 Å². The van der Waals surface area contributed by atoms with Crippen molar-refractivity contribution in [2.45, 2.75) is 139 Å². The molecule has 0 radical (unpaired) electrons. The minimum atomic E-state index is -1.05. The van der Waals surface area contributed by atoms with Crippen molar-refractivity contribution in [2.24, 2.45) is 17.2 Å². The van der Waals surface area contributed by atoms with Crippen LogP contribution in [0.15, 0.2) is 112 Å². The van der Waals surface area contributed by atoms with Crippen molar-refractivity contribution in [3.8, 4) is 0 Å². The Hall–Kier alpha value is -13.3. The molecule has 0 spiro atoms. The van der Waals surface area contributed by atoms with Gasteiger partial charge in [0.05, 0.1) is 62.5 Å². The molecule has 0 aromatic carbocycles. The molecule has 12 heterocycles. The molecule has 0 aliphatic carbocycles. The molecule has 7 atom stereocenters. The average molecular weight is 1450 g/mol. The van der Waals surface area contributed by atoms with E-state index in [4.69, 9.17) is 51.6 Å². The summed E-state index contributed by atoms with van der Waals surface area (Å²) in [6.07, 6.45) is 17.3. The number of amides is 7. The van der Waals surface area contributed by atoms with Crippen molar-refractivity contribution in [1.29, 1.82) is 0 Å². The molecule has 552 valence electrons. The van der Waals surface area contributed by atoms with E-state index in [1.165, 1.54) is 38.0 Å². The number of hydrogen-bond acceptors (Lipinski definition) is 27. The topological polar surface area (TPSA) is 610 Å². The molecule has 12 aromatic rings. The normalized spacial score (nSPS) is 13.7. The molecule has 7 amide bonds. The second kappa shape index (κ2) is 32.4. The Balaban J connectivity index is 0.802. The van der Waals surface area contributed by atoms with Gasteiger partial charge in [-0.05, 0) is 62.2 Å². The Morgan fingerprint density at radius 1 is 0.321 bits per heavy atom. The van der Waals surface area contributed by atoms with Crippen LogP contribution in [0.1, 0.15) is 57.8 Å². The summed E-state index contributed by atoms with van der Waals surface area (Å²) in [5.74, 6) is -2.96. The maximum Gasteiger partial charge on any atom is 0.239 e. The lowest BCUT2D eigenvalue weighted by Crippen LogP contribution is -2.50. The molecule has 12 aromatic heterocycles. The first-order valence-electron chi connectivity index (χ1n) is 33.9. The van der Waals surface area contributed by atoms with E-state index in [0.29, 0.717) is 85.6 Å². The van der Waals surface area contributed by atoms with Crippen LogP contribution in [0.2, 0.25) is 0 Å². The summed E-state index contributed by atoms with van der Waals surface area (Å²) < 4.78 is 10.3. The number of hydrogen-bond donors (Lipinski definition) is 15. The Kier molecular flexibility index (Phi) is 22.1. The molecule has 24 N–H and O–H groups in total. The molecule has 0 fully saturated rings. The van der Waals surface area contributed by atoms with Gasteiger partial charge < -0.3 is 111 Å². The van der Waals surface area contributed by atoms with Crippen LogP contribution in [0.4, 0.5) is 34.9 Å². The molecule has 12 rings (SSSR count). The van der Waals surface area contributed by atoms with E-state index in [1.807, 2.05) is 0 Å². The Morgan fingerprint density at radius 2 is 0.547 bits per heavy atom. The van der Waals surface area contributed by atoms with Crippen molar-refractivity contribution >= 4 is 142 Å². The van der Waals surface area contributed by atoms with Crippen LogP contribution in [0, 0.1) is 0 Å². The lowest BCUT2D eigenvalue weighted by atomic mass is 10.1. The molecular formula is C66H81N33O7. The highest BCUT2D eigenvalue weighted by atomic mass is 16.2. The Labute approximate surface area is 601 Å². The predicted octanol–water partition coefficient (Wildman–Crippen LogP) is -1.66. The van der Waals surface area contributed by atoms with E-state index >= 15 is 9.59 Å². The summed E-state index contributed by atoms with van der Waals surface area (Å²) in [5, 5.41) is 21.0. The molecule has 40 nitrogen and oxygen atoms in total. The van der Waals surface area contributed by atoms with Gasteiger partial charge in [0.2, 0.25) is 41.4 Å². The number of carbonyl (C=O) groups excluding carboxylic acids is 7. The molecule has 40 heteroatoms. The highest BCUT2D eigenvalue weighted by molar-refractivity contribution is 5.92. The van der Waals surface area contributed by atoms with Crippen LogP contribution in [-0.4, -0.2) is 177 Å². The van der Waals surface area contributed by atoms with Gasteiger partial charge in [0.15, 0.2) is 0 Å². The third kappa shape index (κ3) is 17.3. The number of fused-ring (bicyclic) bond motifs is 6. The van der Waals surface area contributed by atoms with Gasteiger partial charge in [-0.3, -0.25) is 33.6 Å². The number of nitrogens with two attached hydrogens (primary N) is 9. The van der Waals surface area contributed by atoms with Gasteiger partial charge in [0.25, 0.3) is 0 Å². The molecule has 0 aliphatic heterocycles. The van der Waals surface area contributed by atoms with Crippen molar-refractivity contribution in [2.75, 3.05) is 40.9 Å². The third-order valence-corrected chi connectivity index (χ3v) is 18.1. The Bertz CT molecular complexity index is 5210. The van der Waals surface area contributed by atoms with Gasteiger partial charge in [-0.15, -0.1) is 0 Å². The van der Waals surface area contributed by atoms with E-state index < -0.39 is 103 Å². The Morgan fingerprint density at radius 3 is 0.783 bits per heavy atom. The van der Waals surface area contributed by atoms with Crippen molar-refractivity contribution in [3.05, 3.63) is 112 Å². The lowest BCUT2D eigenvalue weighted by Gasteiger charge is -2.26. The second-order valence-corrected chi connectivity index (χ2v) is 25.9. The summed E-state index contributed by atoms with van der Waals surface area (Å²) >= 11 is 0. The summed E-state index contributed by atoms with van der Waals surface area (Å²) in [4.78, 5) is 151. The monoisotopic (exact) mass is 1450 g/mol. The summed E-state index contributed by atoms with van der Waals surface area (Å²) in [7, 11) is 0. The fourth-order valence-electron chi connectivity index (χ4n) is 13.2. The highest BCUT2D eigenvalue weighted by Gasteiger charge is 2.30. The van der Waals surface area contributed by atoms with Gasteiger partial charge >= 0.3 is 0 Å². The van der Waals surface area contributed by atoms with Crippen LogP contribution >= 0.6 is 0 Å². The average Bonchev–Trinajstić information content (AvgIpc) is 1.69. The van der Waals surface area contributed by atoms with Crippen LogP contribution in [0.3, 0.4) is 0 Å². The minimum Gasteiger partial charge on any atom is -0.383 e. The number of anilines is 6. The van der Waals surface area contributed by atoms with E-state index in [2.05, 4.69) is 91.7 Å². The predicted molar refractivity (Wildman–Crippen MR) is 391 cm³/mol. The largest absolute Gasteiger partial charge is 0.383 e. The number of unbranched alkanes of at least 4 members (excludes halogenated alkanes) is 1. The van der Waals surface area contributed by atoms with Crippen LogP contribution in [0.5, 0.6) is 0 Å². The van der Waals surface area contributed by atoms with Gasteiger partial charge in [0, 0.05) is 121 Å². The summed E-state index contributed by atoms with van der Waals surface area (Å²) in [5.41, 5.74) is 58.0. The molecule has 0 unspecified atom stereocenters. The fraction of sp³-hybridized carbons (Fsp3) is 0.348. The van der Waals surface area contributed by atoms with Crippen LogP contribution < -0.4 is 83.5 Å². The first kappa shape index (κ1) is 72.5.